The fraction of sp³-hybridized carbons (Fsp3) is 0.200. The molecule has 33 heavy (non-hydrogen) atoms. The molecule has 0 aliphatic heterocycles. The predicted octanol–water partition coefficient (Wildman–Crippen LogP) is 5.10. The lowest BCUT2D eigenvalue weighted by atomic mass is 10.0. The van der Waals surface area contributed by atoms with Gasteiger partial charge >= 0.3 is 0 Å². The number of hydrogen-bond donors (Lipinski definition) is 1. The highest BCUT2D eigenvalue weighted by Crippen LogP contribution is 2.22. The van der Waals surface area contributed by atoms with Crippen LogP contribution >= 0.6 is 23.4 Å². The Kier molecular flexibility index (Phi) is 7.11. The van der Waals surface area contributed by atoms with Crippen LogP contribution < -0.4 is 10.9 Å². The van der Waals surface area contributed by atoms with Crippen LogP contribution in [0, 0.1) is 6.92 Å². The largest absolute Gasteiger partial charge is 0.349 e. The lowest BCUT2D eigenvalue weighted by Crippen LogP contribution is -2.30. The first-order valence-electron chi connectivity index (χ1n) is 10.6. The quantitative estimate of drug-likeness (QED) is 0.295. The van der Waals surface area contributed by atoms with Gasteiger partial charge in [0.05, 0.1) is 22.7 Å². The van der Waals surface area contributed by atoms with Gasteiger partial charge < -0.3 is 5.32 Å². The van der Waals surface area contributed by atoms with Gasteiger partial charge in [0.1, 0.15) is 5.82 Å². The summed E-state index contributed by atoms with van der Waals surface area (Å²) in [5, 5.41) is 4.63. The van der Waals surface area contributed by atoms with Gasteiger partial charge in [0.25, 0.3) is 5.56 Å². The van der Waals surface area contributed by atoms with Gasteiger partial charge in [0.15, 0.2) is 5.16 Å². The molecule has 2 heterocycles. The van der Waals surface area contributed by atoms with E-state index in [0.717, 1.165) is 17.5 Å². The standard InChI is InChI=1S/C25H23ClN4O2S/c1-3-20(17-9-11-18(26)12-10-17)28-23(31)15-33-25-29-21-7-5-4-6-19(21)24(32)30(25)22-13-8-16(2)14-27-22/h4-14,20H,3,15H2,1-2H3,(H,28,31). The molecule has 0 aliphatic carbocycles. The Balaban J connectivity index is 1.60. The van der Waals surface area contributed by atoms with Crippen molar-refractivity contribution >= 4 is 40.2 Å². The van der Waals surface area contributed by atoms with Gasteiger partial charge in [-0.3, -0.25) is 9.59 Å². The Morgan fingerprint density at radius 1 is 1.12 bits per heavy atom. The summed E-state index contributed by atoms with van der Waals surface area (Å²) in [4.78, 5) is 35.1. The Bertz CT molecular complexity index is 1340. The summed E-state index contributed by atoms with van der Waals surface area (Å²) < 4.78 is 1.47. The number of fused-ring (bicyclic) bond motifs is 1. The average Bonchev–Trinajstić information content (AvgIpc) is 2.83. The van der Waals surface area contributed by atoms with Gasteiger partial charge in [-0.15, -0.1) is 0 Å². The number of carbonyl (C=O) groups excluding carboxylic acids is 1. The number of nitrogens with one attached hydrogen (secondary N) is 1. The molecule has 168 valence electrons. The molecular formula is C25H23ClN4O2S. The number of aromatic nitrogens is 3. The lowest BCUT2D eigenvalue weighted by Gasteiger charge is -2.18. The van der Waals surface area contributed by atoms with E-state index in [0.29, 0.717) is 26.9 Å². The molecule has 4 rings (SSSR count). The lowest BCUT2D eigenvalue weighted by molar-refractivity contribution is -0.119. The maximum absolute atomic E-state index is 13.3. The monoisotopic (exact) mass is 478 g/mol. The Labute approximate surface area is 201 Å². The molecule has 1 unspecified atom stereocenters. The number of amides is 1. The topological polar surface area (TPSA) is 76.9 Å². The van der Waals surface area contributed by atoms with Crippen molar-refractivity contribution in [2.45, 2.75) is 31.5 Å². The first-order chi connectivity index (χ1) is 16.0. The van der Waals surface area contributed by atoms with E-state index in [1.165, 1.54) is 16.3 Å². The average molecular weight is 479 g/mol. The van der Waals surface area contributed by atoms with Crippen molar-refractivity contribution in [2.75, 3.05) is 5.75 Å². The zero-order chi connectivity index (χ0) is 23.4. The summed E-state index contributed by atoms with van der Waals surface area (Å²) in [6.45, 7) is 3.95. The normalized spacial score (nSPS) is 12.0. The molecule has 4 aromatic rings. The molecule has 1 amide bonds. The van der Waals surface area contributed by atoms with Crippen LogP contribution in [0.25, 0.3) is 16.7 Å². The van der Waals surface area contributed by atoms with Crippen LogP contribution in [-0.2, 0) is 4.79 Å². The second-order valence-electron chi connectivity index (χ2n) is 7.61. The third kappa shape index (κ3) is 5.26. The van der Waals surface area contributed by atoms with Gasteiger partial charge in [0, 0.05) is 11.2 Å². The van der Waals surface area contributed by atoms with Crippen LogP contribution in [0.3, 0.4) is 0 Å². The summed E-state index contributed by atoms with van der Waals surface area (Å²) in [7, 11) is 0. The maximum Gasteiger partial charge on any atom is 0.267 e. The Morgan fingerprint density at radius 2 is 1.88 bits per heavy atom. The second-order valence-corrected chi connectivity index (χ2v) is 8.99. The molecule has 2 aromatic carbocycles. The summed E-state index contributed by atoms with van der Waals surface area (Å²) in [6.07, 6.45) is 2.44. The molecule has 0 bridgehead atoms. The second kappa shape index (κ2) is 10.2. The van der Waals surface area contributed by atoms with E-state index >= 15 is 0 Å². The molecule has 0 saturated carbocycles. The third-order valence-electron chi connectivity index (χ3n) is 5.22. The molecular weight excluding hydrogens is 456 g/mol. The number of nitrogens with zero attached hydrogens (tertiary/aromatic N) is 3. The van der Waals surface area contributed by atoms with Gasteiger partial charge in [-0.05, 0) is 54.8 Å². The Hall–Kier alpha value is -3.16. The summed E-state index contributed by atoms with van der Waals surface area (Å²) in [5.41, 5.74) is 2.35. The molecule has 2 aromatic heterocycles. The zero-order valence-electron chi connectivity index (χ0n) is 18.3. The van der Waals surface area contributed by atoms with Gasteiger partial charge in [-0.1, -0.05) is 60.6 Å². The molecule has 0 radical (unpaired) electrons. The van der Waals surface area contributed by atoms with Gasteiger partial charge in [-0.2, -0.15) is 0 Å². The van der Waals surface area contributed by atoms with Crippen molar-refractivity contribution in [2.24, 2.45) is 0 Å². The van der Waals surface area contributed by atoms with Crippen LogP contribution in [0.1, 0.15) is 30.5 Å². The number of rotatable bonds is 7. The molecule has 8 heteroatoms. The van der Waals surface area contributed by atoms with E-state index in [1.54, 1.807) is 30.5 Å². The number of halogens is 1. The predicted molar refractivity (Wildman–Crippen MR) is 133 cm³/mol. The van der Waals surface area contributed by atoms with E-state index in [1.807, 2.05) is 50.2 Å². The molecule has 0 aliphatic rings. The van der Waals surface area contributed by atoms with Crippen molar-refractivity contribution in [1.29, 1.82) is 0 Å². The highest BCUT2D eigenvalue weighted by atomic mass is 35.5. The van der Waals surface area contributed by atoms with Crippen molar-refractivity contribution < 1.29 is 4.79 Å². The summed E-state index contributed by atoms with van der Waals surface area (Å²) in [5.74, 6) is 0.438. The third-order valence-corrected chi connectivity index (χ3v) is 6.41. The minimum Gasteiger partial charge on any atom is -0.349 e. The molecule has 6 nitrogen and oxygen atoms in total. The van der Waals surface area contributed by atoms with Gasteiger partial charge in [-0.25, -0.2) is 14.5 Å². The van der Waals surface area contributed by atoms with Crippen LogP contribution in [-0.4, -0.2) is 26.2 Å². The number of pyridine rings is 1. The molecule has 1 N–H and O–H groups in total. The van der Waals surface area contributed by atoms with E-state index < -0.39 is 0 Å². The summed E-state index contributed by atoms with van der Waals surface area (Å²) in [6, 6.07) is 18.2. The first-order valence-corrected chi connectivity index (χ1v) is 11.9. The molecule has 0 fully saturated rings. The van der Waals surface area contributed by atoms with Crippen LogP contribution in [0.4, 0.5) is 0 Å². The molecule has 1 atom stereocenters. The van der Waals surface area contributed by atoms with Crippen LogP contribution in [0.15, 0.2) is 76.8 Å². The van der Waals surface area contributed by atoms with E-state index in [4.69, 9.17) is 11.6 Å². The number of thioether (sulfide) groups is 1. The summed E-state index contributed by atoms with van der Waals surface area (Å²) >= 11 is 7.19. The van der Waals surface area contributed by atoms with Crippen molar-refractivity contribution in [1.82, 2.24) is 19.9 Å². The van der Waals surface area contributed by atoms with Crippen molar-refractivity contribution in [3.05, 3.63) is 93.4 Å². The number of para-hydroxylation sites is 1. The van der Waals surface area contributed by atoms with Crippen LogP contribution in [0.5, 0.6) is 0 Å². The van der Waals surface area contributed by atoms with Crippen molar-refractivity contribution in [3.63, 3.8) is 0 Å². The van der Waals surface area contributed by atoms with E-state index in [2.05, 4.69) is 15.3 Å². The number of hydrogen-bond acceptors (Lipinski definition) is 5. The van der Waals surface area contributed by atoms with Gasteiger partial charge in [0.2, 0.25) is 5.91 Å². The minimum atomic E-state index is -0.215. The number of carbonyl (C=O) groups is 1. The highest BCUT2D eigenvalue weighted by molar-refractivity contribution is 7.99. The molecule has 0 saturated heterocycles. The highest BCUT2D eigenvalue weighted by Gasteiger charge is 2.17. The number of benzene rings is 2. The maximum atomic E-state index is 13.3. The van der Waals surface area contributed by atoms with Crippen molar-refractivity contribution in [3.8, 4) is 5.82 Å². The minimum absolute atomic E-state index is 0.112. The smallest absolute Gasteiger partial charge is 0.267 e. The fourth-order valence-electron chi connectivity index (χ4n) is 3.49. The first kappa shape index (κ1) is 23.0. The molecule has 0 spiro atoms. The van der Waals surface area contributed by atoms with E-state index in [-0.39, 0.29) is 23.3 Å². The fourth-order valence-corrected chi connectivity index (χ4v) is 4.42. The number of aryl methyl sites for hydroxylation is 1. The van der Waals surface area contributed by atoms with E-state index in [9.17, 15) is 9.59 Å². The zero-order valence-corrected chi connectivity index (χ0v) is 19.9. The Morgan fingerprint density at radius 3 is 2.58 bits per heavy atom. The SMILES string of the molecule is CCC(NC(=O)CSc1nc2ccccc2c(=O)n1-c1ccc(C)cn1)c1ccc(Cl)cc1. The van der Waals surface area contributed by atoms with Crippen LogP contribution in [0.2, 0.25) is 5.02 Å².